The van der Waals surface area contributed by atoms with Gasteiger partial charge in [-0.2, -0.15) is 0 Å². The van der Waals surface area contributed by atoms with Crippen LogP contribution in [-0.2, 0) is 4.79 Å². The Bertz CT molecular complexity index is 459. The summed E-state index contributed by atoms with van der Waals surface area (Å²) in [6.07, 6.45) is 0. The third kappa shape index (κ3) is 4.49. The van der Waals surface area contributed by atoms with Crippen molar-refractivity contribution in [1.82, 2.24) is 9.80 Å². The lowest BCUT2D eigenvalue weighted by Gasteiger charge is -2.23. The first kappa shape index (κ1) is 15.9. The van der Waals surface area contributed by atoms with Crippen LogP contribution in [0.25, 0.3) is 0 Å². The molecule has 0 atom stereocenters. The summed E-state index contributed by atoms with van der Waals surface area (Å²) in [5.41, 5.74) is 0.613. The van der Waals surface area contributed by atoms with Crippen molar-refractivity contribution in [3.05, 3.63) is 33.4 Å². The second-order valence-corrected chi connectivity index (χ2v) is 5.48. The number of hydrogen-bond donors (Lipinski definition) is 0. The highest BCUT2D eigenvalue weighted by atomic mass is 127. The van der Waals surface area contributed by atoms with E-state index in [9.17, 15) is 9.59 Å². The fourth-order valence-corrected chi connectivity index (χ4v) is 2.34. The first-order chi connectivity index (χ1) is 8.99. The SMILES string of the molecule is CCN(CC)C(=O)CN(C)C(=O)c1cccc(I)c1. The Hall–Kier alpha value is -1.11. The molecular formula is C14H19IN2O2. The summed E-state index contributed by atoms with van der Waals surface area (Å²) in [4.78, 5) is 27.3. The molecule has 0 aromatic heterocycles. The van der Waals surface area contributed by atoms with Gasteiger partial charge in [0.2, 0.25) is 5.91 Å². The van der Waals surface area contributed by atoms with Crippen LogP contribution in [0.4, 0.5) is 0 Å². The van der Waals surface area contributed by atoms with E-state index >= 15 is 0 Å². The lowest BCUT2D eigenvalue weighted by atomic mass is 10.2. The summed E-state index contributed by atoms with van der Waals surface area (Å²) in [5, 5.41) is 0. The molecule has 104 valence electrons. The van der Waals surface area contributed by atoms with E-state index in [1.807, 2.05) is 32.0 Å². The molecule has 1 rings (SSSR count). The van der Waals surface area contributed by atoms with Crippen molar-refractivity contribution >= 4 is 34.4 Å². The number of carbonyl (C=O) groups is 2. The van der Waals surface area contributed by atoms with Crippen molar-refractivity contribution in [2.75, 3.05) is 26.7 Å². The zero-order valence-corrected chi connectivity index (χ0v) is 13.7. The number of benzene rings is 1. The fourth-order valence-electron chi connectivity index (χ4n) is 1.79. The molecule has 0 unspecified atom stereocenters. The van der Waals surface area contributed by atoms with E-state index in [1.54, 1.807) is 18.0 Å². The Morgan fingerprint density at radius 1 is 1.21 bits per heavy atom. The molecule has 0 aliphatic heterocycles. The average Bonchev–Trinajstić information content (AvgIpc) is 2.39. The van der Waals surface area contributed by atoms with Gasteiger partial charge in [0.1, 0.15) is 0 Å². The second-order valence-electron chi connectivity index (χ2n) is 4.24. The molecular weight excluding hydrogens is 355 g/mol. The van der Waals surface area contributed by atoms with E-state index in [-0.39, 0.29) is 18.4 Å². The van der Waals surface area contributed by atoms with Crippen molar-refractivity contribution in [2.24, 2.45) is 0 Å². The van der Waals surface area contributed by atoms with Gasteiger partial charge in [-0.3, -0.25) is 9.59 Å². The summed E-state index contributed by atoms with van der Waals surface area (Å²) >= 11 is 2.16. The number of nitrogens with zero attached hydrogens (tertiary/aromatic N) is 2. The Morgan fingerprint density at radius 2 is 1.84 bits per heavy atom. The van der Waals surface area contributed by atoms with Crippen LogP contribution in [0.5, 0.6) is 0 Å². The Balaban J connectivity index is 2.70. The minimum atomic E-state index is -0.126. The van der Waals surface area contributed by atoms with Gasteiger partial charge in [-0.05, 0) is 54.6 Å². The molecule has 1 aromatic carbocycles. The van der Waals surface area contributed by atoms with E-state index in [1.165, 1.54) is 4.90 Å². The molecule has 4 nitrogen and oxygen atoms in total. The van der Waals surface area contributed by atoms with Crippen molar-refractivity contribution in [3.8, 4) is 0 Å². The maximum Gasteiger partial charge on any atom is 0.254 e. The molecule has 0 aliphatic carbocycles. The van der Waals surface area contributed by atoms with Crippen LogP contribution < -0.4 is 0 Å². The molecule has 1 aromatic rings. The smallest absolute Gasteiger partial charge is 0.254 e. The van der Waals surface area contributed by atoms with Crippen molar-refractivity contribution < 1.29 is 9.59 Å². The zero-order chi connectivity index (χ0) is 14.4. The number of hydrogen-bond acceptors (Lipinski definition) is 2. The molecule has 19 heavy (non-hydrogen) atoms. The van der Waals surface area contributed by atoms with Gasteiger partial charge >= 0.3 is 0 Å². The molecule has 5 heteroatoms. The molecule has 0 heterocycles. The summed E-state index contributed by atoms with van der Waals surface area (Å²) in [7, 11) is 1.66. The average molecular weight is 374 g/mol. The molecule has 0 spiro atoms. The second kappa shape index (κ2) is 7.47. The monoisotopic (exact) mass is 374 g/mol. The van der Waals surface area contributed by atoms with E-state index in [4.69, 9.17) is 0 Å². The van der Waals surface area contributed by atoms with Gasteiger partial charge in [-0.15, -0.1) is 0 Å². The molecule has 0 saturated heterocycles. The largest absolute Gasteiger partial charge is 0.342 e. The van der Waals surface area contributed by atoms with Crippen LogP contribution in [0.3, 0.4) is 0 Å². The Labute approximate surface area is 127 Å². The van der Waals surface area contributed by atoms with Crippen LogP contribution in [0.15, 0.2) is 24.3 Å². The van der Waals surface area contributed by atoms with Gasteiger partial charge in [0.25, 0.3) is 5.91 Å². The van der Waals surface area contributed by atoms with Crippen molar-refractivity contribution in [2.45, 2.75) is 13.8 Å². The lowest BCUT2D eigenvalue weighted by Crippen LogP contribution is -2.41. The summed E-state index contributed by atoms with van der Waals surface area (Å²) in [6, 6.07) is 7.36. The van der Waals surface area contributed by atoms with Gasteiger partial charge in [-0.25, -0.2) is 0 Å². The minimum Gasteiger partial charge on any atom is -0.342 e. The van der Waals surface area contributed by atoms with Crippen molar-refractivity contribution in [3.63, 3.8) is 0 Å². The maximum atomic E-state index is 12.2. The number of rotatable bonds is 5. The van der Waals surface area contributed by atoms with Crippen molar-refractivity contribution in [1.29, 1.82) is 0 Å². The highest BCUT2D eigenvalue weighted by Gasteiger charge is 2.17. The first-order valence-electron chi connectivity index (χ1n) is 6.28. The molecule has 0 fully saturated rings. The number of halogens is 1. The Kier molecular flexibility index (Phi) is 6.27. The van der Waals surface area contributed by atoms with E-state index < -0.39 is 0 Å². The van der Waals surface area contributed by atoms with Crippen LogP contribution in [0.1, 0.15) is 24.2 Å². The topological polar surface area (TPSA) is 40.6 Å². The minimum absolute atomic E-state index is 0.0218. The van der Waals surface area contributed by atoms with Gasteiger partial charge in [0.05, 0.1) is 6.54 Å². The van der Waals surface area contributed by atoms with E-state index in [0.717, 1.165) is 3.57 Å². The maximum absolute atomic E-state index is 12.2. The molecule has 0 N–H and O–H groups in total. The summed E-state index contributed by atoms with van der Waals surface area (Å²) in [6.45, 7) is 5.32. The zero-order valence-electron chi connectivity index (χ0n) is 11.5. The third-order valence-corrected chi connectivity index (χ3v) is 3.58. The molecule has 2 amide bonds. The number of amides is 2. The quantitative estimate of drug-likeness (QED) is 0.742. The number of likely N-dealkylation sites (N-methyl/N-ethyl adjacent to an activating group) is 2. The summed E-state index contributed by atoms with van der Waals surface area (Å²) in [5.74, 6) is -0.148. The Morgan fingerprint density at radius 3 is 2.37 bits per heavy atom. The standard InChI is InChI=1S/C14H19IN2O2/c1-4-17(5-2)13(18)10-16(3)14(19)11-7-6-8-12(15)9-11/h6-9H,4-5,10H2,1-3H3. The highest BCUT2D eigenvalue weighted by molar-refractivity contribution is 14.1. The van der Waals surface area contributed by atoms with Gasteiger partial charge in [0, 0.05) is 29.3 Å². The van der Waals surface area contributed by atoms with Crippen LogP contribution in [0, 0.1) is 3.57 Å². The fraction of sp³-hybridized carbons (Fsp3) is 0.429. The summed E-state index contributed by atoms with van der Waals surface area (Å²) < 4.78 is 1.01. The molecule has 0 saturated carbocycles. The van der Waals surface area contributed by atoms with Gasteiger partial charge in [-0.1, -0.05) is 6.07 Å². The molecule has 0 aliphatic rings. The normalized spacial score (nSPS) is 10.1. The van der Waals surface area contributed by atoms with Crippen LogP contribution in [-0.4, -0.2) is 48.3 Å². The predicted molar refractivity (Wildman–Crippen MR) is 84.0 cm³/mol. The van der Waals surface area contributed by atoms with Gasteiger partial charge < -0.3 is 9.80 Å². The van der Waals surface area contributed by atoms with Crippen LogP contribution >= 0.6 is 22.6 Å². The van der Waals surface area contributed by atoms with E-state index in [0.29, 0.717) is 18.7 Å². The highest BCUT2D eigenvalue weighted by Crippen LogP contribution is 2.10. The molecule has 0 radical (unpaired) electrons. The lowest BCUT2D eigenvalue weighted by molar-refractivity contribution is -0.131. The molecule has 0 bridgehead atoms. The van der Waals surface area contributed by atoms with Crippen LogP contribution in [0.2, 0.25) is 0 Å². The van der Waals surface area contributed by atoms with E-state index in [2.05, 4.69) is 22.6 Å². The third-order valence-electron chi connectivity index (χ3n) is 2.91. The first-order valence-corrected chi connectivity index (χ1v) is 7.36. The van der Waals surface area contributed by atoms with Gasteiger partial charge in [0.15, 0.2) is 0 Å². The number of carbonyl (C=O) groups excluding carboxylic acids is 2. The predicted octanol–water partition coefficient (Wildman–Crippen LogP) is 2.23.